The van der Waals surface area contributed by atoms with Crippen LogP contribution in [0.5, 0.6) is 11.5 Å². The molecule has 0 aliphatic rings. The van der Waals surface area contributed by atoms with Gasteiger partial charge in [-0.2, -0.15) is 0 Å². The Morgan fingerprint density at radius 3 is 2.04 bits per heavy atom. The van der Waals surface area contributed by atoms with Gasteiger partial charge in [0.1, 0.15) is 17.8 Å². The summed E-state index contributed by atoms with van der Waals surface area (Å²) in [6, 6.07) is 23.7. The fourth-order valence-electron chi connectivity index (χ4n) is 3.24. The average molecular weight is 324 g/mol. The molecule has 0 atom stereocenters. The molecule has 4 rings (SSSR count). The molecule has 0 aliphatic carbocycles. The molecule has 0 unspecified atom stereocenters. The molecule has 0 amide bonds. The van der Waals surface area contributed by atoms with Crippen LogP contribution in [0.4, 0.5) is 0 Å². The molecule has 0 fully saturated rings. The van der Waals surface area contributed by atoms with E-state index in [1.54, 1.807) is 6.07 Å². The Balaban J connectivity index is 2.16. The number of phenols is 1. The van der Waals surface area contributed by atoms with Crippen LogP contribution in [0, 0.1) is 0 Å². The fraction of sp³-hybridized carbons (Fsp3) is 0. The summed E-state index contributed by atoms with van der Waals surface area (Å²) in [6.45, 7) is 3.55. The van der Waals surface area contributed by atoms with Gasteiger partial charge < -0.3 is 9.84 Å². The first kappa shape index (κ1) is 15.1. The molecule has 0 saturated heterocycles. The van der Waals surface area contributed by atoms with Gasteiger partial charge in [-0.3, -0.25) is 0 Å². The summed E-state index contributed by atoms with van der Waals surface area (Å²) >= 11 is 0. The van der Waals surface area contributed by atoms with Crippen molar-refractivity contribution < 1.29 is 9.84 Å². The van der Waals surface area contributed by atoms with E-state index >= 15 is 0 Å². The summed E-state index contributed by atoms with van der Waals surface area (Å²) in [4.78, 5) is 0. The van der Waals surface area contributed by atoms with Crippen molar-refractivity contribution >= 4 is 21.5 Å². The number of fused-ring (bicyclic) bond motifs is 2. The number of hydrogen-bond donors (Lipinski definition) is 1. The zero-order chi connectivity index (χ0) is 17.2. The topological polar surface area (TPSA) is 29.5 Å². The van der Waals surface area contributed by atoms with E-state index in [0.717, 1.165) is 32.7 Å². The largest absolute Gasteiger partial charge is 0.507 e. The molecule has 0 saturated carbocycles. The molecule has 120 valence electrons. The van der Waals surface area contributed by atoms with Gasteiger partial charge in [0.15, 0.2) is 0 Å². The second-order valence-electron chi connectivity index (χ2n) is 5.78. The second kappa shape index (κ2) is 6.20. The van der Waals surface area contributed by atoms with Crippen molar-refractivity contribution in [2.45, 2.75) is 0 Å². The Morgan fingerprint density at radius 1 is 0.760 bits per heavy atom. The van der Waals surface area contributed by atoms with Crippen LogP contribution in [0.1, 0.15) is 0 Å². The van der Waals surface area contributed by atoms with Crippen LogP contribution >= 0.6 is 0 Å². The normalized spacial score (nSPS) is 10.6. The highest BCUT2D eigenvalue weighted by molar-refractivity contribution is 6.09. The molecule has 0 aromatic heterocycles. The van der Waals surface area contributed by atoms with Crippen molar-refractivity contribution in [3.63, 3.8) is 0 Å². The molecular formula is C23H16O2. The zero-order valence-corrected chi connectivity index (χ0v) is 13.6. The third kappa shape index (κ3) is 2.55. The molecule has 0 radical (unpaired) electrons. The number of benzene rings is 4. The quantitative estimate of drug-likeness (QED) is 0.367. The Labute approximate surface area is 145 Å². The molecule has 25 heavy (non-hydrogen) atoms. The zero-order valence-electron chi connectivity index (χ0n) is 13.6. The van der Waals surface area contributed by atoms with E-state index < -0.39 is 0 Å². The van der Waals surface area contributed by atoms with Gasteiger partial charge in [0.2, 0.25) is 0 Å². The van der Waals surface area contributed by atoms with E-state index in [1.165, 1.54) is 6.26 Å². The number of aromatic hydroxyl groups is 1. The van der Waals surface area contributed by atoms with E-state index in [2.05, 4.69) is 12.3 Å². The van der Waals surface area contributed by atoms with Gasteiger partial charge >= 0.3 is 0 Å². The van der Waals surface area contributed by atoms with E-state index in [4.69, 9.17) is 4.74 Å². The number of phenolic OH excluding ortho intramolecular Hbond substituents is 1. The van der Waals surface area contributed by atoms with Crippen LogP contribution in [-0.2, 0) is 0 Å². The van der Waals surface area contributed by atoms with Crippen molar-refractivity contribution in [2.75, 3.05) is 0 Å². The molecule has 2 heteroatoms. The molecule has 0 heterocycles. The molecule has 0 spiro atoms. The molecular weight excluding hydrogens is 308 g/mol. The Kier molecular flexibility index (Phi) is 3.74. The van der Waals surface area contributed by atoms with Crippen LogP contribution in [0.2, 0.25) is 0 Å². The lowest BCUT2D eigenvalue weighted by Crippen LogP contribution is -1.91. The summed E-state index contributed by atoms with van der Waals surface area (Å²) in [5, 5.41) is 14.8. The molecule has 2 nitrogen and oxygen atoms in total. The average Bonchev–Trinajstić information content (AvgIpc) is 2.66. The van der Waals surface area contributed by atoms with E-state index in [1.807, 2.05) is 66.7 Å². The highest BCUT2D eigenvalue weighted by Gasteiger charge is 2.17. The van der Waals surface area contributed by atoms with Crippen LogP contribution < -0.4 is 4.74 Å². The van der Waals surface area contributed by atoms with Gasteiger partial charge in [-0.1, -0.05) is 73.0 Å². The van der Waals surface area contributed by atoms with Crippen molar-refractivity contribution in [3.8, 4) is 22.6 Å². The van der Waals surface area contributed by atoms with E-state index in [0.29, 0.717) is 5.75 Å². The number of rotatable bonds is 3. The lowest BCUT2D eigenvalue weighted by Gasteiger charge is -2.16. The van der Waals surface area contributed by atoms with Crippen LogP contribution in [0.15, 0.2) is 91.4 Å². The Hall–Kier alpha value is -3.48. The third-order valence-electron chi connectivity index (χ3n) is 4.32. The monoisotopic (exact) mass is 324 g/mol. The fourth-order valence-corrected chi connectivity index (χ4v) is 3.24. The Bertz CT molecular complexity index is 1140. The summed E-state index contributed by atoms with van der Waals surface area (Å²) < 4.78 is 5.74. The minimum Gasteiger partial charge on any atom is -0.507 e. The molecule has 4 aromatic rings. The number of hydrogen-bond acceptors (Lipinski definition) is 2. The smallest absolute Gasteiger partial charge is 0.136 e. The molecule has 0 aliphatic heterocycles. The van der Waals surface area contributed by atoms with Crippen LogP contribution in [0.3, 0.4) is 0 Å². The van der Waals surface area contributed by atoms with Crippen LogP contribution in [-0.4, -0.2) is 5.11 Å². The van der Waals surface area contributed by atoms with Crippen molar-refractivity contribution in [3.05, 3.63) is 91.4 Å². The second-order valence-corrected chi connectivity index (χ2v) is 5.78. The van der Waals surface area contributed by atoms with Gasteiger partial charge in [-0.15, -0.1) is 0 Å². The van der Waals surface area contributed by atoms with Gasteiger partial charge in [0.05, 0.1) is 0 Å². The minimum absolute atomic E-state index is 0.225. The van der Waals surface area contributed by atoms with Gasteiger partial charge in [0, 0.05) is 11.1 Å². The summed E-state index contributed by atoms with van der Waals surface area (Å²) in [5.41, 5.74) is 4.26. The lowest BCUT2D eigenvalue weighted by atomic mass is 9.92. The van der Waals surface area contributed by atoms with Gasteiger partial charge in [-0.05, 0) is 33.7 Å². The lowest BCUT2D eigenvalue weighted by molar-refractivity contribution is 0.473. The molecule has 1 N–H and O–H groups in total. The van der Waals surface area contributed by atoms with Crippen molar-refractivity contribution in [1.29, 1.82) is 0 Å². The van der Waals surface area contributed by atoms with Gasteiger partial charge in [-0.25, -0.2) is 0 Å². The highest BCUT2D eigenvalue weighted by Crippen LogP contribution is 2.44. The predicted octanol–water partition coefficient (Wildman–Crippen LogP) is 6.04. The SMILES string of the molecule is C=C=COc1ccc2ccccc2c1-c1c(O)ccc2ccccc12. The van der Waals surface area contributed by atoms with E-state index in [9.17, 15) is 5.11 Å². The van der Waals surface area contributed by atoms with E-state index in [-0.39, 0.29) is 5.75 Å². The first-order chi connectivity index (χ1) is 12.3. The maximum Gasteiger partial charge on any atom is 0.136 e. The highest BCUT2D eigenvalue weighted by atomic mass is 16.5. The molecule has 0 bridgehead atoms. The summed E-state index contributed by atoms with van der Waals surface area (Å²) in [5.74, 6) is 0.879. The van der Waals surface area contributed by atoms with Crippen molar-refractivity contribution in [1.82, 2.24) is 0 Å². The third-order valence-corrected chi connectivity index (χ3v) is 4.32. The van der Waals surface area contributed by atoms with Gasteiger partial charge in [0.25, 0.3) is 0 Å². The van der Waals surface area contributed by atoms with Crippen LogP contribution in [0.25, 0.3) is 32.7 Å². The Morgan fingerprint density at radius 2 is 1.36 bits per heavy atom. The predicted molar refractivity (Wildman–Crippen MR) is 103 cm³/mol. The summed E-state index contributed by atoms with van der Waals surface area (Å²) in [7, 11) is 0. The number of ether oxygens (including phenoxy) is 1. The molecule has 4 aromatic carbocycles. The maximum atomic E-state index is 10.7. The maximum absolute atomic E-state index is 10.7. The minimum atomic E-state index is 0.225. The first-order valence-electron chi connectivity index (χ1n) is 8.03. The summed E-state index contributed by atoms with van der Waals surface area (Å²) in [6.07, 6.45) is 1.43. The van der Waals surface area contributed by atoms with Crippen molar-refractivity contribution in [2.24, 2.45) is 0 Å². The standard InChI is InChI=1S/C23H16O2/c1-2-15-25-21-14-12-17-8-4-6-10-19(17)23(21)22-18-9-5-3-7-16(18)11-13-20(22)24/h3-15,24H,1H2. The first-order valence-corrected chi connectivity index (χ1v) is 8.03.